The topological polar surface area (TPSA) is 60.8 Å². The number of nitrogens with zero attached hydrogens (tertiary/aromatic N) is 1. The van der Waals surface area contributed by atoms with Gasteiger partial charge < -0.3 is 10.2 Å². The SMILES string of the molecule is CC(C)(C)c1cc(C(CC(=O)O)N2C(C)(C)CCCC2(C)C)cc(C(C)(C)C)c1O. The Morgan fingerprint density at radius 2 is 1.37 bits per heavy atom. The molecule has 1 saturated heterocycles. The van der Waals surface area contributed by atoms with Crippen molar-refractivity contribution in [2.24, 2.45) is 0 Å². The van der Waals surface area contributed by atoms with E-state index in [0.717, 1.165) is 36.0 Å². The number of hydrogen-bond acceptors (Lipinski definition) is 3. The van der Waals surface area contributed by atoms with E-state index in [2.05, 4.69) is 86.3 Å². The number of aliphatic carboxylic acids is 1. The van der Waals surface area contributed by atoms with Gasteiger partial charge in [0.15, 0.2) is 0 Å². The molecule has 0 aliphatic carbocycles. The molecule has 4 nitrogen and oxygen atoms in total. The van der Waals surface area contributed by atoms with Crippen molar-refractivity contribution in [2.45, 2.75) is 123 Å². The molecule has 1 aromatic rings. The van der Waals surface area contributed by atoms with E-state index in [1.54, 1.807) is 0 Å². The van der Waals surface area contributed by atoms with Gasteiger partial charge in [-0.2, -0.15) is 0 Å². The van der Waals surface area contributed by atoms with E-state index >= 15 is 0 Å². The lowest BCUT2D eigenvalue weighted by Crippen LogP contribution is -2.59. The fourth-order valence-electron chi connectivity index (χ4n) is 5.37. The van der Waals surface area contributed by atoms with Gasteiger partial charge in [-0.05, 0) is 86.6 Å². The monoisotopic (exact) mass is 417 g/mol. The summed E-state index contributed by atoms with van der Waals surface area (Å²) in [6.45, 7) is 21.5. The second kappa shape index (κ2) is 7.85. The fourth-order valence-corrected chi connectivity index (χ4v) is 5.37. The maximum atomic E-state index is 12.0. The number of rotatable bonds is 4. The summed E-state index contributed by atoms with van der Waals surface area (Å²) in [6.07, 6.45) is 3.28. The van der Waals surface area contributed by atoms with Crippen molar-refractivity contribution in [3.63, 3.8) is 0 Å². The van der Waals surface area contributed by atoms with Crippen molar-refractivity contribution in [3.05, 3.63) is 28.8 Å². The predicted octanol–water partition coefficient (Wildman–Crippen LogP) is 6.55. The van der Waals surface area contributed by atoms with Crippen molar-refractivity contribution >= 4 is 5.97 Å². The quantitative estimate of drug-likeness (QED) is 0.583. The van der Waals surface area contributed by atoms with E-state index < -0.39 is 5.97 Å². The molecule has 1 aliphatic heterocycles. The number of carbonyl (C=O) groups is 1. The molecule has 4 heteroatoms. The number of carboxylic acid groups (broad SMARTS) is 1. The van der Waals surface area contributed by atoms with Gasteiger partial charge in [-0.15, -0.1) is 0 Å². The molecule has 0 aromatic heterocycles. The summed E-state index contributed by atoms with van der Waals surface area (Å²) in [7, 11) is 0. The first-order chi connectivity index (χ1) is 13.4. The summed E-state index contributed by atoms with van der Waals surface area (Å²) in [5.74, 6) is -0.454. The lowest BCUT2D eigenvalue weighted by atomic mass is 9.74. The summed E-state index contributed by atoms with van der Waals surface area (Å²) in [6, 6.07) is 3.85. The van der Waals surface area contributed by atoms with Crippen molar-refractivity contribution < 1.29 is 15.0 Å². The van der Waals surface area contributed by atoms with E-state index in [1.807, 2.05) is 0 Å². The van der Waals surface area contributed by atoms with Crippen molar-refractivity contribution in [1.29, 1.82) is 0 Å². The molecule has 0 spiro atoms. The summed E-state index contributed by atoms with van der Waals surface area (Å²) in [5.41, 5.74) is 2.04. The van der Waals surface area contributed by atoms with Gasteiger partial charge in [-0.3, -0.25) is 9.69 Å². The van der Waals surface area contributed by atoms with Crippen LogP contribution in [0.15, 0.2) is 12.1 Å². The number of piperidine rings is 1. The van der Waals surface area contributed by atoms with Crippen molar-refractivity contribution in [2.75, 3.05) is 0 Å². The highest BCUT2D eigenvalue weighted by Crippen LogP contribution is 2.48. The second-order valence-corrected chi connectivity index (χ2v) is 12.4. The Morgan fingerprint density at radius 3 is 1.70 bits per heavy atom. The second-order valence-electron chi connectivity index (χ2n) is 12.4. The van der Waals surface area contributed by atoms with Gasteiger partial charge in [0.05, 0.1) is 6.42 Å². The number of aromatic hydroxyl groups is 1. The van der Waals surface area contributed by atoms with Crippen LogP contribution in [0.2, 0.25) is 0 Å². The van der Waals surface area contributed by atoms with E-state index in [-0.39, 0.29) is 34.4 Å². The van der Waals surface area contributed by atoms with Gasteiger partial charge in [0.1, 0.15) is 5.75 Å². The molecule has 0 amide bonds. The Kier molecular flexibility index (Phi) is 6.47. The largest absolute Gasteiger partial charge is 0.507 e. The maximum Gasteiger partial charge on any atom is 0.305 e. The lowest BCUT2D eigenvalue weighted by Gasteiger charge is -2.56. The molecule has 1 aliphatic rings. The van der Waals surface area contributed by atoms with Crippen LogP contribution < -0.4 is 0 Å². The third-order valence-corrected chi connectivity index (χ3v) is 6.69. The normalized spacial score (nSPS) is 20.7. The molecule has 1 atom stereocenters. The van der Waals surface area contributed by atoms with Crippen molar-refractivity contribution in [1.82, 2.24) is 4.90 Å². The predicted molar refractivity (Wildman–Crippen MR) is 124 cm³/mol. The lowest BCUT2D eigenvalue weighted by molar-refractivity contribution is -0.141. The maximum absolute atomic E-state index is 12.0. The van der Waals surface area contributed by atoms with Gasteiger partial charge >= 0.3 is 5.97 Å². The molecular weight excluding hydrogens is 374 g/mol. The van der Waals surface area contributed by atoms with Crippen molar-refractivity contribution in [3.8, 4) is 5.75 Å². The third-order valence-electron chi connectivity index (χ3n) is 6.69. The molecule has 0 saturated carbocycles. The number of likely N-dealkylation sites (tertiary alicyclic amines) is 1. The number of hydrogen-bond donors (Lipinski definition) is 2. The summed E-state index contributed by atoms with van der Waals surface area (Å²) in [5, 5.41) is 21.0. The van der Waals surface area contributed by atoms with Crippen LogP contribution in [0, 0.1) is 0 Å². The minimum absolute atomic E-state index is 0.0464. The summed E-state index contributed by atoms with van der Waals surface area (Å²) < 4.78 is 0. The number of phenolic OH excluding ortho intramolecular Hbond substituents is 1. The van der Waals surface area contributed by atoms with E-state index in [9.17, 15) is 15.0 Å². The average molecular weight is 418 g/mol. The van der Waals surface area contributed by atoms with Crippen LogP contribution in [0.25, 0.3) is 0 Å². The smallest absolute Gasteiger partial charge is 0.305 e. The molecular formula is C26H43NO3. The van der Waals surface area contributed by atoms with E-state index in [4.69, 9.17) is 0 Å². The van der Waals surface area contributed by atoms with Crippen LogP contribution in [0.5, 0.6) is 5.75 Å². The Balaban J connectivity index is 2.81. The van der Waals surface area contributed by atoms with Crippen LogP contribution in [0.4, 0.5) is 0 Å². The zero-order chi connectivity index (χ0) is 23.3. The van der Waals surface area contributed by atoms with Gasteiger partial charge in [-0.25, -0.2) is 0 Å². The van der Waals surface area contributed by atoms with Crippen LogP contribution in [0.3, 0.4) is 0 Å². The Morgan fingerprint density at radius 1 is 0.967 bits per heavy atom. The van der Waals surface area contributed by atoms with Crippen LogP contribution in [-0.4, -0.2) is 32.2 Å². The molecule has 1 heterocycles. The minimum atomic E-state index is -0.792. The molecule has 0 bridgehead atoms. The van der Waals surface area contributed by atoms with E-state index in [0.29, 0.717) is 5.75 Å². The van der Waals surface area contributed by atoms with Gasteiger partial charge in [0, 0.05) is 17.1 Å². The molecule has 1 fully saturated rings. The zero-order valence-corrected chi connectivity index (χ0v) is 20.8. The van der Waals surface area contributed by atoms with Crippen LogP contribution in [0.1, 0.15) is 118 Å². The number of benzene rings is 1. The Labute approximate surface area is 183 Å². The molecule has 0 radical (unpaired) electrons. The molecule has 30 heavy (non-hydrogen) atoms. The molecule has 1 unspecified atom stereocenters. The fraction of sp³-hybridized carbons (Fsp3) is 0.731. The van der Waals surface area contributed by atoms with Gasteiger partial charge in [-0.1, -0.05) is 41.5 Å². The first kappa shape index (κ1) is 24.7. The van der Waals surface area contributed by atoms with Crippen LogP contribution >= 0.6 is 0 Å². The highest BCUT2D eigenvalue weighted by molar-refractivity contribution is 5.68. The first-order valence-corrected chi connectivity index (χ1v) is 11.3. The standard InChI is InChI=1S/C26H43NO3/c1-23(2,3)18-14-17(15-19(22(18)30)24(4,5)6)20(16-21(28)29)27-25(7,8)12-11-13-26(27,9)10/h14-15,20,30H,11-13,16H2,1-10H3,(H,28,29). The summed E-state index contributed by atoms with van der Waals surface area (Å²) >= 11 is 0. The Hall–Kier alpha value is -1.55. The summed E-state index contributed by atoms with van der Waals surface area (Å²) in [4.78, 5) is 14.4. The van der Waals surface area contributed by atoms with Crippen LogP contribution in [-0.2, 0) is 15.6 Å². The van der Waals surface area contributed by atoms with Gasteiger partial charge in [0.2, 0.25) is 0 Å². The molecule has 2 N–H and O–H groups in total. The minimum Gasteiger partial charge on any atom is -0.507 e. The van der Waals surface area contributed by atoms with Gasteiger partial charge in [0.25, 0.3) is 0 Å². The molecule has 2 rings (SSSR count). The number of phenols is 1. The highest BCUT2D eigenvalue weighted by Gasteiger charge is 2.46. The van der Waals surface area contributed by atoms with E-state index in [1.165, 1.54) is 0 Å². The average Bonchev–Trinajstić information content (AvgIpc) is 2.49. The zero-order valence-electron chi connectivity index (χ0n) is 20.8. The highest BCUT2D eigenvalue weighted by atomic mass is 16.4. The number of carboxylic acids is 1. The molecule has 1 aromatic carbocycles. The third kappa shape index (κ3) is 5.01. The first-order valence-electron chi connectivity index (χ1n) is 11.3. The Bertz CT molecular complexity index is 742. The molecule has 170 valence electrons.